The molecule has 1 unspecified atom stereocenters. The van der Waals surface area contributed by atoms with Gasteiger partial charge >= 0.3 is 0 Å². The summed E-state index contributed by atoms with van der Waals surface area (Å²) in [6.07, 6.45) is 4.20. The zero-order valence-corrected chi connectivity index (χ0v) is 10.7. The van der Waals surface area contributed by atoms with Crippen molar-refractivity contribution in [3.63, 3.8) is 0 Å². The van der Waals surface area contributed by atoms with Crippen LogP contribution < -0.4 is 5.32 Å². The van der Waals surface area contributed by atoms with E-state index in [9.17, 15) is 0 Å². The van der Waals surface area contributed by atoms with Gasteiger partial charge in [0.15, 0.2) is 0 Å². The van der Waals surface area contributed by atoms with E-state index in [1.54, 1.807) is 6.26 Å². The molecule has 0 amide bonds. The van der Waals surface area contributed by atoms with Crippen LogP contribution >= 0.6 is 0 Å². The molecule has 0 saturated heterocycles. The van der Waals surface area contributed by atoms with Crippen LogP contribution in [0.3, 0.4) is 0 Å². The van der Waals surface area contributed by atoms with Crippen molar-refractivity contribution in [2.75, 3.05) is 20.1 Å². The second kappa shape index (κ2) is 7.47. The molecule has 1 atom stereocenters. The number of nitrogens with one attached hydrogen (secondary N) is 1. The lowest BCUT2D eigenvalue weighted by molar-refractivity contribution is 0.171. The van der Waals surface area contributed by atoms with Gasteiger partial charge in [0.05, 0.1) is 12.8 Å². The Kier molecular flexibility index (Phi) is 6.19. The maximum Gasteiger partial charge on any atom is 0.117 e. The van der Waals surface area contributed by atoms with E-state index in [1.165, 1.54) is 12.8 Å². The molecule has 0 spiro atoms. The smallest absolute Gasteiger partial charge is 0.117 e. The van der Waals surface area contributed by atoms with E-state index in [1.807, 2.05) is 19.2 Å². The molecule has 1 aromatic rings. The molecule has 1 rings (SSSR count). The van der Waals surface area contributed by atoms with Gasteiger partial charge in [-0.25, -0.2) is 0 Å². The van der Waals surface area contributed by atoms with Crippen LogP contribution in [0.25, 0.3) is 0 Å². The molecule has 0 fully saturated rings. The Morgan fingerprint density at radius 1 is 1.44 bits per heavy atom. The third-order valence-corrected chi connectivity index (χ3v) is 2.92. The van der Waals surface area contributed by atoms with Crippen LogP contribution in [-0.2, 0) is 6.54 Å². The van der Waals surface area contributed by atoms with Crippen LogP contribution in [0.15, 0.2) is 22.8 Å². The molecule has 1 N–H and O–H groups in total. The molecule has 0 aromatic carbocycles. The first-order chi connectivity index (χ1) is 7.81. The first kappa shape index (κ1) is 13.3. The second-order valence-corrected chi connectivity index (χ2v) is 4.14. The summed E-state index contributed by atoms with van der Waals surface area (Å²) in [5.41, 5.74) is 0. The molecular formula is C13H24N2O. The average molecular weight is 224 g/mol. The highest BCUT2D eigenvalue weighted by molar-refractivity contribution is 4.98. The van der Waals surface area contributed by atoms with Gasteiger partial charge in [-0.05, 0) is 32.1 Å². The van der Waals surface area contributed by atoms with Crippen molar-refractivity contribution in [3.05, 3.63) is 24.2 Å². The maximum absolute atomic E-state index is 5.41. The predicted octanol–water partition coefficient (Wildman–Crippen LogP) is 2.49. The lowest BCUT2D eigenvalue weighted by Crippen LogP contribution is -2.40. The Hall–Kier alpha value is -0.800. The molecule has 92 valence electrons. The van der Waals surface area contributed by atoms with E-state index in [4.69, 9.17) is 4.42 Å². The van der Waals surface area contributed by atoms with E-state index < -0.39 is 0 Å². The third-order valence-electron chi connectivity index (χ3n) is 2.92. The Morgan fingerprint density at radius 2 is 2.25 bits per heavy atom. The minimum Gasteiger partial charge on any atom is -0.468 e. The van der Waals surface area contributed by atoms with Crippen LogP contribution in [0.5, 0.6) is 0 Å². The molecule has 1 heterocycles. The molecule has 16 heavy (non-hydrogen) atoms. The summed E-state index contributed by atoms with van der Waals surface area (Å²) in [6, 6.07) is 4.60. The van der Waals surface area contributed by atoms with Crippen molar-refractivity contribution in [2.45, 2.75) is 39.3 Å². The highest BCUT2D eigenvalue weighted by atomic mass is 16.3. The lowest BCUT2D eigenvalue weighted by atomic mass is 10.1. The maximum atomic E-state index is 5.41. The van der Waals surface area contributed by atoms with Crippen LogP contribution in [0, 0.1) is 0 Å². The average Bonchev–Trinajstić information content (AvgIpc) is 2.78. The van der Waals surface area contributed by atoms with Gasteiger partial charge in [-0.15, -0.1) is 0 Å². The Balaban J connectivity index is 2.55. The molecule has 0 aliphatic heterocycles. The molecule has 3 heteroatoms. The minimum absolute atomic E-state index is 0.602. The summed E-state index contributed by atoms with van der Waals surface area (Å²) in [6.45, 7) is 7.47. The summed E-state index contributed by atoms with van der Waals surface area (Å²) >= 11 is 0. The first-order valence-electron chi connectivity index (χ1n) is 6.22. The molecule has 0 saturated carbocycles. The van der Waals surface area contributed by atoms with Crippen molar-refractivity contribution < 1.29 is 4.42 Å². The van der Waals surface area contributed by atoms with Gasteiger partial charge in [0.1, 0.15) is 5.76 Å². The number of furan rings is 1. The highest BCUT2D eigenvalue weighted by Crippen LogP contribution is 2.12. The van der Waals surface area contributed by atoms with Gasteiger partial charge in [0.25, 0.3) is 0 Å². The van der Waals surface area contributed by atoms with Gasteiger partial charge in [-0.3, -0.25) is 4.90 Å². The second-order valence-electron chi connectivity index (χ2n) is 4.14. The van der Waals surface area contributed by atoms with Crippen molar-refractivity contribution in [1.82, 2.24) is 10.2 Å². The largest absolute Gasteiger partial charge is 0.468 e. The van der Waals surface area contributed by atoms with Crippen molar-refractivity contribution in [1.29, 1.82) is 0 Å². The van der Waals surface area contributed by atoms with Gasteiger partial charge in [-0.2, -0.15) is 0 Å². The predicted molar refractivity (Wildman–Crippen MR) is 67.4 cm³/mol. The normalized spacial score (nSPS) is 13.2. The molecule has 0 radical (unpaired) electrons. The monoisotopic (exact) mass is 224 g/mol. The van der Waals surface area contributed by atoms with E-state index >= 15 is 0 Å². The topological polar surface area (TPSA) is 28.4 Å². The number of hydrogen-bond acceptors (Lipinski definition) is 3. The Labute approximate surface area is 98.8 Å². The molecule has 0 aliphatic rings. The van der Waals surface area contributed by atoms with Crippen molar-refractivity contribution in [2.24, 2.45) is 0 Å². The molecule has 0 aliphatic carbocycles. The summed E-state index contributed by atoms with van der Waals surface area (Å²) in [4.78, 5) is 2.47. The molecular weight excluding hydrogens is 200 g/mol. The zero-order chi connectivity index (χ0) is 11.8. The fourth-order valence-electron chi connectivity index (χ4n) is 2.08. The summed E-state index contributed by atoms with van der Waals surface area (Å²) in [5.74, 6) is 1.05. The number of nitrogens with zero attached hydrogens (tertiary/aromatic N) is 1. The minimum atomic E-state index is 0.602. The molecule has 3 nitrogen and oxygen atoms in total. The summed E-state index contributed by atoms with van der Waals surface area (Å²) in [7, 11) is 2.02. The van der Waals surface area contributed by atoms with E-state index in [2.05, 4.69) is 24.1 Å². The Morgan fingerprint density at radius 3 is 2.75 bits per heavy atom. The van der Waals surface area contributed by atoms with Crippen molar-refractivity contribution >= 4 is 0 Å². The fourth-order valence-corrected chi connectivity index (χ4v) is 2.08. The van der Waals surface area contributed by atoms with Gasteiger partial charge in [-0.1, -0.05) is 20.3 Å². The van der Waals surface area contributed by atoms with Gasteiger partial charge in [0, 0.05) is 12.6 Å². The van der Waals surface area contributed by atoms with E-state index in [0.717, 1.165) is 25.4 Å². The molecule has 0 bridgehead atoms. The van der Waals surface area contributed by atoms with Crippen LogP contribution in [0.1, 0.15) is 32.4 Å². The summed E-state index contributed by atoms with van der Waals surface area (Å²) < 4.78 is 5.41. The fraction of sp³-hybridized carbons (Fsp3) is 0.692. The summed E-state index contributed by atoms with van der Waals surface area (Å²) in [5, 5.41) is 3.27. The number of hydrogen-bond donors (Lipinski definition) is 1. The quantitative estimate of drug-likeness (QED) is 0.735. The molecule has 1 aromatic heterocycles. The van der Waals surface area contributed by atoms with E-state index in [-0.39, 0.29) is 0 Å². The standard InChI is InChI=1S/C13H24N2O/c1-4-7-12(10-14-3)15(5-2)11-13-8-6-9-16-13/h6,8-9,12,14H,4-5,7,10-11H2,1-3H3. The Bertz CT molecular complexity index is 253. The highest BCUT2D eigenvalue weighted by Gasteiger charge is 2.16. The van der Waals surface area contributed by atoms with Gasteiger partial charge < -0.3 is 9.73 Å². The van der Waals surface area contributed by atoms with Crippen molar-refractivity contribution in [3.8, 4) is 0 Å². The van der Waals surface area contributed by atoms with Crippen LogP contribution in [0.4, 0.5) is 0 Å². The van der Waals surface area contributed by atoms with E-state index in [0.29, 0.717) is 6.04 Å². The SMILES string of the molecule is CCCC(CNC)N(CC)Cc1ccco1. The number of rotatable bonds is 8. The zero-order valence-electron chi connectivity index (χ0n) is 10.7. The first-order valence-corrected chi connectivity index (χ1v) is 6.22. The van der Waals surface area contributed by atoms with Crippen LogP contribution in [-0.4, -0.2) is 31.1 Å². The van der Waals surface area contributed by atoms with Crippen LogP contribution in [0.2, 0.25) is 0 Å². The van der Waals surface area contributed by atoms with Gasteiger partial charge in [0.2, 0.25) is 0 Å². The number of likely N-dealkylation sites (N-methyl/N-ethyl adjacent to an activating group) is 2. The third kappa shape index (κ3) is 3.99. The lowest BCUT2D eigenvalue weighted by Gasteiger charge is -2.29.